The highest BCUT2D eigenvalue weighted by molar-refractivity contribution is 5.90. The predicted molar refractivity (Wildman–Crippen MR) is 98.5 cm³/mol. The molecule has 0 saturated heterocycles. The smallest absolute Gasteiger partial charge is 0.319 e. The number of benzene rings is 1. The number of aryl methyl sites for hydroxylation is 2. The number of anilines is 1. The molecule has 0 bridgehead atoms. The summed E-state index contributed by atoms with van der Waals surface area (Å²) in [7, 11) is 0. The van der Waals surface area contributed by atoms with E-state index in [4.69, 9.17) is 4.42 Å². The molecule has 3 N–H and O–H groups in total. The van der Waals surface area contributed by atoms with Crippen LogP contribution in [0.15, 0.2) is 28.9 Å². The van der Waals surface area contributed by atoms with Crippen LogP contribution in [-0.4, -0.2) is 28.8 Å². The summed E-state index contributed by atoms with van der Waals surface area (Å²) in [6.07, 6.45) is 2.83. The summed E-state index contributed by atoms with van der Waals surface area (Å²) in [6.45, 7) is 8.08. The van der Waals surface area contributed by atoms with Crippen LogP contribution in [0.3, 0.4) is 0 Å². The molecule has 0 aliphatic heterocycles. The second kappa shape index (κ2) is 8.67. The zero-order chi connectivity index (χ0) is 18.4. The topological polar surface area (TPSA) is 87.4 Å². The molecule has 2 rings (SSSR count). The molecule has 0 saturated carbocycles. The Hall–Kier alpha value is -2.34. The minimum Gasteiger partial charge on any atom is -0.444 e. The highest BCUT2D eigenvalue weighted by Crippen LogP contribution is 2.25. The van der Waals surface area contributed by atoms with E-state index in [1.54, 1.807) is 6.26 Å². The summed E-state index contributed by atoms with van der Waals surface area (Å²) >= 11 is 0. The third-order valence-electron chi connectivity index (χ3n) is 4.42. The number of rotatable bonds is 7. The third kappa shape index (κ3) is 5.06. The number of oxazole rings is 1. The molecule has 136 valence electrons. The Morgan fingerprint density at radius 1 is 1.28 bits per heavy atom. The van der Waals surface area contributed by atoms with Crippen molar-refractivity contribution in [2.75, 3.05) is 11.9 Å². The van der Waals surface area contributed by atoms with Crippen LogP contribution < -0.4 is 10.6 Å². The molecular weight excluding hydrogens is 318 g/mol. The fourth-order valence-electron chi connectivity index (χ4n) is 2.74. The summed E-state index contributed by atoms with van der Waals surface area (Å²) in [4.78, 5) is 16.4. The first-order chi connectivity index (χ1) is 11.9. The van der Waals surface area contributed by atoms with E-state index in [-0.39, 0.29) is 18.5 Å². The predicted octanol–water partition coefficient (Wildman–Crippen LogP) is 3.88. The maximum Gasteiger partial charge on any atom is 0.319 e. The van der Waals surface area contributed by atoms with Gasteiger partial charge < -0.3 is 20.2 Å². The first kappa shape index (κ1) is 19.0. The summed E-state index contributed by atoms with van der Waals surface area (Å²) in [5.41, 5.74) is 3.22. The Morgan fingerprint density at radius 2 is 2.00 bits per heavy atom. The molecule has 0 spiro atoms. The molecule has 0 aliphatic rings. The van der Waals surface area contributed by atoms with Gasteiger partial charge in [-0.25, -0.2) is 9.78 Å². The van der Waals surface area contributed by atoms with E-state index in [2.05, 4.69) is 15.6 Å². The second-order valence-corrected chi connectivity index (χ2v) is 6.30. The van der Waals surface area contributed by atoms with Crippen LogP contribution in [0.1, 0.15) is 37.9 Å². The largest absolute Gasteiger partial charge is 0.444 e. The molecule has 1 aromatic heterocycles. The van der Waals surface area contributed by atoms with Crippen molar-refractivity contribution in [2.45, 2.75) is 46.6 Å². The van der Waals surface area contributed by atoms with E-state index in [0.29, 0.717) is 11.6 Å². The van der Waals surface area contributed by atoms with Gasteiger partial charge in [0.2, 0.25) is 5.89 Å². The zero-order valence-electron chi connectivity index (χ0n) is 15.3. The SMILES string of the molecule is CCC(CC)C(O)CNC(=O)Nc1cc(-c2nc(C)co2)ccc1C. The fraction of sp³-hybridized carbons (Fsp3) is 0.474. The molecule has 1 aromatic carbocycles. The lowest BCUT2D eigenvalue weighted by atomic mass is 9.97. The lowest BCUT2D eigenvalue weighted by molar-refractivity contribution is 0.104. The number of hydrogen-bond acceptors (Lipinski definition) is 4. The van der Waals surface area contributed by atoms with E-state index in [9.17, 15) is 9.90 Å². The van der Waals surface area contributed by atoms with Gasteiger partial charge in [-0.15, -0.1) is 0 Å². The van der Waals surface area contributed by atoms with Crippen LogP contribution in [-0.2, 0) is 0 Å². The first-order valence-electron chi connectivity index (χ1n) is 8.70. The Labute approximate surface area is 148 Å². The van der Waals surface area contributed by atoms with Gasteiger partial charge in [-0.1, -0.05) is 32.8 Å². The molecule has 1 atom stereocenters. The summed E-state index contributed by atoms with van der Waals surface area (Å²) < 4.78 is 5.41. The van der Waals surface area contributed by atoms with Gasteiger partial charge >= 0.3 is 6.03 Å². The van der Waals surface area contributed by atoms with Gasteiger partial charge in [0.1, 0.15) is 6.26 Å². The van der Waals surface area contributed by atoms with Crippen molar-refractivity contribution in [3.05, 3.63) is 35.7 Å². The van der Waals surface area contributed by atoms with Crippen LogP contribution in [0.4, 0.5) is 10.5 Å². The molecule has 0 radical (unpaired) electrons. The fourth-order valence-corrected chi connectivity index (χ4v) is 2.74. The number of aromatic nitrogens is 1. The standard InChI is InChI=1S/C19H27N3O3/c1-5-14(6-2)17(23)10-20-19(24)22-16-9-15(8-7-12(16)3)18-21-13(4)11-25-18/h7-9,11,14,17,23H,5-6,10H2,1-4H3,(H2,20,22,24). The van der Waals surface area contributed by atoms with Crippen molar-refractivity contribution in [1.82, 2.24) is 10.3 Å². The van der Waals surface area contributed by atoms with E-state index >= 15 is 0 Å². The number of urea groups is 1. The maximum atomic E-state index is 12.1. The number of amides is 2. The van der Waals surface area contributed by atoms with Gasteiger partial charge in [-0.2, -0.15) is 0 Å². The quantitative estimate of drug-likeness (QED) is 0.711. The molecule has 0 fully saturated rings. The molecule has 6 nitrogen and oxygen atoms in total. The molecule has 6 heteroatoms. The van der Waals surface area contributed by atoms with E-state index in [1.165, 1.54) is 0 Å². The third-order valence-corrected chi connectivity index (χ3v) is 4.42. The average molecular weight is 345 g/mol. The van der Waals surface area contributed by atoms with Crippen molar-refractivity contribution in [2.24, 2.45) is 5.92 Å². The number of carbonyl (C=O) groups excluding carboxylic acids is 1. The van der Waals surface area contributed by atoms with Crippen molar-refractivity contribution in [1.29, 1.82) is 0 Å². The molecule has 2 aromatic rings. The average Bonchev–Trinajstić information content (AvgIpc) is 3.02. The van der Waals surface area contributed by atoms with Crippen molar-refractivity contribution in [3.8, 4) is 11.5 Å². The summed E-state index contributed by atoms with van der Waals surface area (Å²) in [5.74, 6) is 0.712. The van der Waals surface area contributed by atoms with E-state index < -0.39 is 6.10 Å². The normalized spacial score (nSPS) is 12.2. The number of aliphatic hydroxyl groups is 1. The molecule has 2 amide bonds. The van der Waals surface area contributed by atoms with Crippen LogP contribution in [0.5, 0.6) is 0 Å². The Bertz CT molecular complexity index is 708. The van der Waals surface area contributed by atoms with Crippen LogP contribution in [0.2, 0.25) is 0 Å². The van der Waals surface area contributed by atoms with Gasteiger partial charge in [0.25, 0.3) is 0 Å². The lowest BCUT2D eigenvalue weighted by Gasteiger charge is -2.20. The monoisotopic (exact) mass is 345 g/mol. The number of hydrogen-bond donors (Lipinski definition) is 3. The summed E-state index contributed by atoms with van der Waals surface area (Å²) in [5, 5.41) is 15.7. The Morgan fingerprint density at radius 3 is 2.60 bits per heavy atom. The first-order valence-corrected chi connectivity index (χ1v) is 8.70. The highest BCUT2D eigenvalue weighted by atomic mass is 16.3. The van der Waals surface area contributed by atoms with E-state index in [0.717, 1.165) is 29.7 Å². The van der Waals surface area contributed by atoms with Crippen molar-refractivity contribution < 1.29 is 14.3 Å². The van der Waals surface area contributed by atoms with Crippen molar-refractivity contribution >= 4 is 11.7 Å². The highest BCUT2D eigenvalue weighted by Gasteiger charge is 2.16. The molecule has 1 heterocycles. The summed E-state index contributed by atoms with van der Waals surface area (Å²) in [6, 6.07) is 5.30. The number of carbonyl (C=O) groups is 1. The van der Waals surface area contributed by atoms with Crippen LogP contribution in [0, 0.1) is 19.8 Å². The lowest BCUT2D eigenvalue weighted by Crippen LogP contribution is -2.38. The van der Waals surface area contributed by atoms with E-state index in [1.807, 2.05) is 45.9 Å². The number of nitrogens with one attached hydrogen (secondary N) is 2. The second-order valence-electron chi connectivity index (χ2n) is 6.30. The minimum atomic E-state index is -0.538. The van der Waals surface area contributed by atoms with Gasteiger partial charge in [0.15, 0.2) is 0 Å². The number of nitrogens with zero attached hydrogens (tertiary/aromatic N) is 1. The zero-order valence-corrected chi connectivity index (χ0v) is 15.3. The van der Waals surface area contributed by atoms with Crippen LogP contribution in [0.25, 0.3) is 11.5 Å². The molecule has 25 heavy (non-hydrogen) atoms. The van der Waals surface area contributed by atoms with Crippen molar-refractivity contribution in [3.63, 3.8) is 0 Å². The number of aliphatic hydroxyl groups excluding tert-OH is 1. The van der Waals surface area contributed by atoms with Gasteiger partial charge in [0.05, 0.1) is 11.8 Å². The van der Waals surface area contributed by atoms with Crippen LogP contribution >= 0.6 is 0 Å². The van der Waals surface area contributed by atoms with Gasteiger partial charge in [-0.05, 0) is 37.5 Å². The van der Waals surface area contributed by atoms with Gasteiger partial charge in [-0.3, -0.25) is 0 Å². The molecule has 1 unspecified atom stereocenters. The Kier molecular flexibility index (Phi) is 6.58. The maximum absolute atomic E-state index is 12.1. The minimum absolute atomic E-state index is 0.193. The molecular formula is C19H27N3O3. The Balaban J connectivity index is 2.00. The van der Waals surface area contributed by atoms with Gasteiger partial charge in [0, 0.05) is 17.8 Å². The molecule has 0 aliphatic carbocycles.